The summed E-state index contributed by atoms with van der Waals surface area (Å²) in [6.07, 6.45) is 2.18. The minimum Gasteiger partial charge on any atom is -0.352 e. The first kappa shape index (κ1) is 14.1. The first-order chi connectivity index (χ1) is 9.58. The highest BCUT2D eigenvalue weighted by Gasteiger charge is 2.16. The Bertz CT molecular complexity index is 631. The van der Waals surface area contributed by atoms with Gasteiger partial charge in [-0.1, -0.05) is 0 Å². The zero-order chi connectivity index (χ0) is 14.5. The predicted molar refractivity (Wildman–Crippen MR) is 71.2 cm³/mol. The number of nitro benzene ring substituents is 1. The molecule has 1 amide bonds. The van der Waals surface area contributed by atoms with Crippen molar-refractivity contribution in [1.29, 1.82) is 0 Å². The Labute approximate surface area is 117 Å². The van der Waals surface area contributed by atoms with Crippen molar-refractivity contribution in [2.45, 2.75) is 6.42 Å². The van der Waals surface area contributed by atoms with E-state index in [4.69, 9.17) is 0 Å². The molecular weight excluding hydrogens is 285 g/mol. The van der Waals surface area contributed by atoms with E-state index in [2.05, 4.69) is 10.3 Å². The molecule has 0 aliphatic heterocycles. The second-order valence-electron chi connectivity index (χ2n) is 3.85. The fourth-order valence-corrected chi connectivity index (χ4v) is 2.18. The third-order valence-electron chi connectivity index (χ3n) is 2.51. The lowest BCUT2D eigenvalue weighted by atomic mass is 10.1. The van der Waals surface area contributed by atoms with Crippen molar-refractivity contribution in [2.75, 3.05) is 6.54 Å². The second-order valence-corrected chi connectivity index (χ2v) is 4.83. The van der Waals surface area contributed by atoms with Gasteiger partial charge in [-0.2, -0.15) is 0 Å². The number of hydrogen-bond donors (Lipinski definition) is 1. The van der Waals surface area contributed by atoms with E-state index in [0.29, 0.717) is 6.42 Å². The normalized spacial score (nSPS) is 10.2. The molecule has 6 nitrogen and oxygen atoms in total. The summed E-state index contributed by atoms with van der Waals surface area (Å²) in [5, 5.41) is 15.8. The highest BCUT2D eigenvalue weighted by molar-refractivity contribution is 7.09. The molecule has 0 aliphatic carbocycles. The van der Waals surface area contributed by atoms with Crippen molar-refractivity contribution in [3.05, 3.63) is 56.3 Å². The van der Waals surface area contributed by atoms with Gasteiger partial charge >= 0.3 is 0 Å². The molecule has 0 saturated carbocycles. The smallest absolute Gasteiger partial charge is 0.270 e. The van der Waals surface area contributed by atoms with Crippen LogP contribution in [0.15, 0.2) is 29.8 Å². The summed E-state index contributed by atoms with van der Waals surface area (Å²) in [6, 6.07) is 2.85. The van der Waals surface area contributed by atoms with Gasteiger partial charge in [0, 0.05) is 36.7 Å². The van der Waals surface area contributed by atoms with Crippen LogP contribution in [0.4, 0.5) is 10.1 Å². The lowest BCUT2D eigenvalue weighted by molar-refractivity contribution is -0.384. The quantitative estimate of drug-likeness (QED) is 0.676. The van der Waals surface area contributed by atoms with Gasteiger partial charge in [0.2, 0.25) is 0 Å². The van der Waals surface area contributed by atoms with E-state index in [0.717, 1.165) is 23.2 Å². The second kappa shape index (κ2) is 6.20. The molecule has 20 heavy (non-hydrogen) atoms. The van der Waals surface area contributed by atoms with Crippen LogP contribution in [-0.4, -0.2) is 22.4 Å². The molecule has 0 radical (unpaired) electrons. The molecule has 0 unspecified atom stereocenters. The van der Waals surface area contributed by atoms with Crippen LogP contribution in [0, 0.1) is 15.9 Å². The number of nitrogens with one attached hydrogen (secondary N) is 1. The molecule has 104 valence electrons. The van der Waals surface area contributed by atoms with E-state index >= 15 is 0 Å². The minimum absolute atomic E-state index is 0.286. The third-order valence-corrected chi connectivity index (χ3v) is 3.35. The number of amides is 1. The summed E-state index contributed by atoms with van der Waals surface area (Å²) in [5.41, 5.74) is -0.658. The van der Waals surface area contributed by atoms with E-state index in [9.17, 15) is 19.3 Å². The molecular formula is C12H10FN3O3S. The van der Waals surface area contributed by atoms with Crippen molar-refractivity contribution in [2.24, 2.45) is 0 Å². The zero-order valence-electron chi connectivity index (χ0n) is 10.2. The average molecular weight is 295 g/mol. The first-order valence-electron chi connectivity index (χ1n) is 5.68. The van der Waals surface area contributed by atoms with Gasteiger partial charge in [-0.15, -0.1) is 11.3 Å². The monoisotopic (exact) mass is 295 g/mol. The molecule has 2 rings (SSSR count). The molecule has 1 aromatic heterocycles. The summed E-state index contributed by atoms with van der Waals surface area (Å²) in [5.74, 6) is -1.47. The summed E-state index contributed by atoms with van der Waals surface area (Å²) >= 11 is 1.45. The minimum atomic E-state index is -0.789. The van der Waals surface area contributed by atoms with E-state index in [1.54, 1.807) is 6.20 Å². The highest BCUT2D eigenvalue weighted by atomic mass is 32.1. The number of benzene rings is 1. The predicted octanol–water partition coefficient (Wildman–Crippen LogP) is 2.16. The number of thiazole rings is 1. The van der Waals surface area contributed by atoms with Gasteiger partial charge in [0.05, 0.1) is 15.5 Å². The molecule has 0 atom stereocenters. The fraction of sp³-hybridized carbons (Fsp3) is 0.167. The van der Waals surface area contributed by atoms with Crippen LogP contribution in [0.1, 0.15) is 15.4 Å². The Morgan fingerprint density at radius 2 is 2.30 bits per heavy atom. The number of carbonyl (C=O) groups is 1. The largest absolute Gasteiger partial charge is 0.352 e. The van der Waals surface area contributed by atoms with Crippen molar-refractivity contribution in [1.82, 2.24) is 10.3 Å². The van der Waals surface area contributed by atoms with Crippen LogP contribution in [0.25, 0.3) is 0 Å². The van der Waals surface area contributed by atoms with Gasteiger partial charge in [-0.05, 0) is 6.07 Å². The molecule has 0 saturated heterocycles. The lowest BCUT2D eigenvalue weighted by Crippen LogP contribution is -2.26. The highest BCUT2D eigenvalue weighted by Crippen LogP contribution is 2.16. The number of halogens is 1. The molecule has 1 heterocycles. The van der Waals surface area contributed by atoms with Crippen molar-refractivity contribution < 1.29 is 14.1 Å². The summed E-state index contributed by atoms with van der Waals surface area (Å²) < 4.78 is 13.5. The Kier molecular flexibility index (Phi) is 4.36. The van der Waals surface area contributed by atoms with Gasteiger partial charge in [-0.3, -0.25) is 14.9 Å². The maximum Gasteiger partial charge on any atom is 0.270 e. The van der Waals surface area contributed by atoms with Gasteiger partial charge in [0.1, 0.15) is 5.82 Å². The standard InChI is InChI=1S/C12H10FN3O3S/c13-10-2-1-8(16(18)19)7-9(10)12(17)15-4-3-11-14-5-6-20-11/h1-2,5-7H,3-4H2,(H,15,17). The molecule has 1 N–H and O–H groups in total. The average Bonchev–Trinajstić information content (AvgIpc) is 2.92. The van der Waals surface area contributed by atoms with Crippen molar-refractivity contribution in [3.8, 4) is 0 Å². The number of non-ortho nitro benzene ring substituents is 1. The Morgan fingerprint density at radius 3 is 2.95 bits per heavy atom. The zero-order valence-corrected chi connectivity index (χ0v) is 11.0. The van der Waals surface area contributed by atoms with Crippen molar-refractivity contribution in [3.63, 3.8) is 0 Å². The summed E-state index contributed by atoms with van der Waals surface area (Å²) in [6.45, 7) is 0.286. The van der Waals surface area contributed by atoms with E-state index in [1.165, 1.54) is 11.3 Å². The topological polar surface area (TPSA) is 85.1 Å². The maximum absolute atomic E-state index is 13.5. The number of nitro groups is 1. The Balaban J connectivity index is 2.01. The number of aromatic nitrogens is 1. The number of hydrogen-bond acceptors (Lipinski definition) is 5. The number of nitrogens with zero attached hydrogens (tertiary/aromatic N) is 2. The van der Waals surface area contributed by atoms with Gasteiger partial charge in [-0.25, -0.2) is 9.37 Å². The van der Waals surface area contributed by atoms with Gasteiger partial charge in [0.25, 0.3) is 11.6 Å². The Hall–Kier alpha value is -2.35. The summed E-state index contributed by atoms with van der Waals surface area (Å²) in [7, 11) is 0. The van der Waals surface area contributed by atoms with Crippen molar-refractivity contribution >= 4 is 22.9 Å². The van der Waals surface area contributed by atoms with Crippen LogP contribution < -0.4 is 5.32 Å². The van der Waals surface area contributed by atoms with E-state index in [-0.39, 0.29) is 17.8 Å². The lowest BCUT2D eigenvalue weighted by Gasteiger charge is -2.05. The van der Waals surface area contributed by atoms with Crippen LogP contribution in [-0.2, 0) is 6.42 Å². The van der Waals surface area contributed by atoms with Crippen LogP contribution >= 0.6 is 11.3 Å². The fourth-order valence-electron chi connectivity index (χ4n) is 1.56. The molecule has 0 spiro atoms. The Morgan fingerprint density at radius 1 is 1.50 bits per heavy atom. The number of rotatable bonds is 5. The molecule has 8 heteroatoms. The maximum atomic E-state index is 13.5. The van der Waals surface area contributed by atoms with Crippen LogP contribution in [0.3, 0.4) is 0 Å². The summed E-state index contributed by atoms with van der Waals surface area (Å²) in [4.78, 5) is 25.7. The van der Waals surface area contributed by atoms with Crippen LogP contribution in [0.5, 0.6) is 0 Å². The van der Waals surface area contributed by atoms with E-state index in [1.807, 2.05) is 5.38 Å². The number of carbonyl (C=O) groups excluding carboxylic acids is 1. The molecule has 2 aromatic rings. The van der Waals surface area contributed by atoms with E-state index < -0.39 is 16.6 Å². The third kappa shape index (κ3) is 3.35. The molecule has 1 aromatic carbocycles. The van der Waals surface area contributed by atoms with Gasteiger partial charge in [0.15, 0.2) is 0 Å². The SMILES string of the molecule is O=C(NCCc1nccs1)c1cc([N+](=O)[O-])ccc1F. The van der Waals surface area contributed by atoms with Crippen LogP contribution in [0.2, 0.25) is 0 Å². The molecule has 0 bridgehead atoms. The molecule has 0 aliphatic rings. The first-order valence-corrected chi connectivity index (χ1v) is 6.56. The van der Waals surface area contributed by atoms with Gasteiger partial charge < -0.3 is 5.32 Å². The molecule has 0 fully saturated rings.